The molecule has 0 atom stereocenters. The Balaban J connectivity index is 2.18. The van der Waals surface area contributed by atoms with Gasteiger partial charge in [-0.05, 0) is 25.2 Å². The van der Waals surface area contributed by atoms with Crippen molar-refractivity contribution in [3.8, 4) is 0 Å². The summed E-state index contributed by atoms with van der Waals surface area (Å²) >= 11 is 0. The van der Waals surface area contributed by atoms with Crippen LogP contribution < -0.4 is 10.6 Å². The van der Waals surface area contributed by atoms with E-state index in [1.807, 2.05) is 12.1 Å². The Kier molecular flexibility index (Phi) is 3.95. The number of carbonyl (C=O) groups is 1. The summed E-state index contributed by atoms with van der Waals surface area (Å²) in [5.74, 6) is -0.0170. The number of hydrogen-bond donors (Lipinski definition) is 1. The summed E-state index contributed by atoms with van der Waals surface area (Å²) < 4.78 is 0. The third-order valence-electron chi connectivity index (χ3n) is 3.52. The molecule has 104 valence electrons. The van der Waals surface area contributed by atoms with Crippen LogP contribution in [-0.4, -0.2) is 63.0 Å². The maximum atomic E-state index is 11.9. The zero-order chi connectivity index (χ0) is 14.0. The Morgan fingerprint density at radius 1 is 1.21 bits per heavy atom. The molecule has 2 N–H and O–H groups in total. The number of hydrogen-bond acceptors (Lipinski definition) is 4. The van der Waals surface area contributed by atoms with E-state index in [4.69, 9.17) is 5.73 Å². The second-order valence-corrected chi connectivity index (χ2v) is 5.26. The lowest BCUT2D eigenvalue weighted by Gasteiger charge is -2.34. The first-order chi connectivity index (χ1) is 8.99. The molecular formula is C14H22N4O. The normalized spacial score (nSPS) is 16.5. The van der Waals surface area contributed by atoms with E-state index >= 15 is 0 Å². The molecule has 1 saturated heterocycles. The van der Waals surface area contributed by atoms with Gasteiger partial charge < -0.3 is 20.4 Å². The molecule has 1 aromatic rings. The average molecular weight is 262 g/mol. The first-order valence-corrected chi connectivity index (χ1v) is 6.53. The van der Waals surface area contributed by atoms with Crippen LogP contribution in [0.1, 0.15) is 10.4 Å². The Bertz CT molecular complexity index is 465. The summed E-state index contributed by atoms with van der Waals surface area (Å²) in [6, 6.07) is 5.58. The highest BCUT2D eigenvalue weighted by molar-refractivity contribution is 5.95. The van der Waals surface area contributed by atoms with Crippen LogP contribution in [0.15, 0.2) is 18.2 Å². The topological polar surface area (TPSA) is 52.8 Å². The van der Waals surface area contributed by atoms with Gasteiger partial charge >= 0.3 is 0 Å². The van der Waals surface area contributed by atoms with E-state index in [1.165, 1.54) is 0 Å². The summed E-state index contributed by atoms with van der Waals surface area (Å²) in [4.78, 5) is 18.0. The molecule has 2 rings (SSSR count). The maximum absolute atomic E-state index is 11.9. The number of nitrogen functional groups attached to an aromatic ring is 1. The number of nitrogens with zero attached hydrogens (tertiary/aromatic N) is 3. The number of anilines is 2. The molecule has 0 aromatic heterocycles. The summed E-state index contributed by atoms with van der Waals surface area (Å²) in [5, 5.41) is 0. The summed E-state index contributed by atoms with van der Waals surface area (Å²) in [5.41, 5.74) is 8.45. The first kappa shape index (κ1) is 13.7. The van der Waals surface area contributed by atoms with E-state index in [-0.39, 0.29) is 5.91 Å². The summed E-state index contributed by atoms with van der Waals surface area (Å²) in [6.45, 7) is 4.03. The lowest BCUT2D eigenvalue weighted by molar-refractivity contribution is 0.0827. The van der Waals surface area contributed by atoms with Crippen LogP contribution in [0.25, 0.3) is 0 Å². The third kappa shape index (κ3) is 2.98. The molecule has 0 radical (unpaired) electrons. The predicted octanol–water partition coefficient (Wildman–Crippen LogP) is 0.722. The smallest absolute Gasteiger partial charge is 0.253 e. The minimum absolute atomic E-state index is 0.0170. The van der Waals surface area contributed by atoms with Crippen molar-refractivity contribution in [2.24, 2.45) is 0 Å². The van der Waals surface area contributed by atoms with Gasteiger partial charge in [0.25, 0.3) is 5.91 Å². The van der Waals surface area contributed by atoms with Crippen LogP contribution in [0, 0.1) is 0 Å². The molecule has 0 saturated carbocycles. The van der Waals surface area contributed by atoms with Crippen molar-refractivity contribution in [2.75, 3.05) is 58.0 Å². The summed E-state index contributed by atoms with van der Waals surface area (Å²) in [7, 11) is 5.61. The van der Waals surface area contributed by atoms with E-state index < -0.39 is 0 Å². The predicted molar refractivity (Wildman–Crippen MR) is 78.6 cm³/mol. The van der Waals surface area contributed by atoms with Crippen LogP contribution in [0.2, 0.25) is 0 Å². The number of carbonyl (C=O) groups excluding carboxylic acids is 1. The zero-order valence-corrected chi connectivity index (χ0v) is 11.9. The highest BCUT2D eigenvalue weighted by atomic mass is 16.2. The minimum atomic E-state index is -0.0170. The lowest BCUT2D eigenvalue weighted by Crippen LogP contribution is -2.44. The van der Waals surface area contributed by atoms with Crippen molar-refractivity contribution in [1.29, 1.82) is 0 Å². The van der Waals surface area contributed by atoms with E-state index in [9.17, 15) is 4.79 Å². The molecule has 0 unspecified atom stereocenters. The average Bonchev–Trinajstić information content (AvgIpc) is 2.39. The third-order valence-corrected chi connectivity index (χ3v) is 3.52. The van der Waals surface area contributed by atoms with Gasteiger partial charge in [-0.15, -0.1) is 0 Å². The Morgan fingerprint density at radius 2 is 1.84 bits per heavy atom. The number of rotatable bonds is 2. The monoisotopic (exact) mass is 262 g/mol. The van der Waals surface area contributed by atoms with Crippen LogP contribution in [0.3, 0.4) is 0 Å². The number of amides is 1. The van der Waals surface area contributed by atoms with Gasteiger partial charge in [-0.2, -0.15) is 0 Å². The Hall–Kier alpha value is -1.75. The van der Waals surface area contributed by atoms with Gasteiger partial charge in [-0.3, -0.25) is 4.79 Å². The van der Waals surface area contributed by atoms with Gasteiger partial charge in [0.2, 0.25) is 0 Å². The quantitative estimate of drug-likeness (QED) is 0.798. The molecular weight excluding hydrogens is 240 g/mol. The molecule has 19 heavy (non-hydrogen) atoms. The Morgan fingerprint density at radius 3 is 2.37 bits per heavy atom. The molecule has 1 aromatic carbocycles. The minimum Gasteiger partial charge on any atom is -0.397 e. The molecule has 0 aliphatic carbocycles. The van der Waals surface area contributed by atoms with Gasteiger partial charge in [0.1, 0.15) is 0 Å². The first-order valence-electron chi connectivity index (χ1n) is 6.53. The standard InChI is InChI=1S/C14H22N4O/c1-16(2)14(19)11-4-5-13(12(15)10-11)18-8-6-17(3)7-9-18/h4-5,10H,6-9,15H2,1-3H3. The number of piperazine rings is 1. The van der Waals surface area contributed by atoms with E-state index in [2.05, 4.69) is 16.8 Å². The molecule has 1 amide bonds. The van der Waals surface area contributed by atoms with Crippen molar-refractivity contribution in [2.45, 2.75) is 0 Å². The van der Waals surface area contributed by atoms with E-state index in [0.29, 0.717) is 11.3 Å². The van der Waals surface area contributed by atoms with Crippen molar-refractivity contribution >= 4 is 17.3 Å². The molecule has 1 fully saturated rings. The number of nitrogens with two attached hydrogens (primary N) is 1. The second kappa shape index (κ2) is 5.48. The SMILES string of the molecule is CN1CCN(c2ccc(C(=O)N(C)C)cc2N)CC1. The summed E-state index contributed by atoms with van der Waals surface area (Å²) in [6.07, 6.45) is 0. The Labute approximate surface area is 114 Å². The van der Waals surface area contributed by atoms with Crippen molar-refractivity contribution in [1.82, 2.24) is 9.80 Å². The molecule has 5 nitrogen and oxygen atoms in total. The van der Waals surface area contributed by atoms with E-state index in [0.717, 1.165) is 31.9 Å². The van der Waals surface area contributed by atoms with E-state index in [1.54, 1.807) is 25.1 Å². The fourth-order valence-electron chi connectivity index (χ4n) is 2.28. The largest absolute Gasteiger partial charge is 0.397 e. The molecule has 5 heteroatoms. The van der Waals surface area contributed by atoms with Crippen molar-refractivity contribution < 1.29 is 4.79 Å². The molecule has 1 heterocycles. The van der Waals surface area contributed by atoms with Gasteiger partial charge in [0.15, 0.2) is 0 Å². The lowest BCUT2D eigenvalue weighted by atomic mass is 10.1. The second-order valence-electron chi connectivity index (χ2n) is 5.26. The maximum Gasteiger partial charge on any atom is 0.253 e. The molecule has 1 aliphatic heterocycles. The van der Waals surface area contributed by atoms with Crippen LogP contribution in [-0.2, 0) is 0 Å². The molecule has 0 spiro atoms. The van der Waals surface area contributed by atoms with Crippen molar-refractivity contribution in [3.63, 3.8) is 0 Å². The number of likely N-dealkylation sites (N-methyl/N-ethyl adjacent to an activating group) is 1. The van der Waals surface area contributed by atoms with Crippen LogP contribution in [0.4, 0.5) is 11.4 Å². The number of benzene rings is 1. The zero-order valence-electron chi connectivity index (χ0n) is 11.9. The highest BCUT2D eigenvalue weighted by Crippen LogP contribution is 2.25. The fourth-order valence-corrected chi connectivity index (χ4v) is 2.28. The van der Waals surface area contributed by atoms with Crippen LogP contribution in [0.5, 0.6) is 0 Å². The fraction of sp³-hybridized carbons (Fsp3) is 0.500. The van der Waals surface area contributed by atoms with Gasteiger partial charge in [0.05, 0.1) is 11.4 Å². The molecule has 1 aliphatic rings. The van der Waals surface area contributed by atoms with Gasteiger partial charge in [0, 0.05) is 45.8 Å². The molecule has 0 bridgehead atoms. The van der Waals surface area contributed by atoms with Gasteiger partial charge in [-0.1, -0.05) is 0 Å². The van der Waals surface area contributed by atoms with Crippen molar-refractivity contribution in [3.05, 3.63) is 23.8 Å². The van der Waals surface area contributed by atoms with Gasteiger partial charge in [-0.25, -0.2) is 0 Å². The van der Waals surface area contributed by atoms with Crippen LogP contribution >= 0.6 is 0 Å². The highest BCUT2D eigenvalue weighted by Gasteiger charge is 2.17.